The molecule has 11 heteroatoms. The monoisotopic (exact) mass is 456 g/mol. The molecular weight excluding hydrogens is 439 g/mol. The fourth-order valence-corrected chi connectivity index (χ4v) is 3.00. The van der Waals surface area contributed by atoms with Gasteiger partial charge in [-0.3, -0.25) is 20.2 Å². The molecule has 0 saturated carbocycles. The first-order chi connectivity index (χ1) is 15.3. The van der Waals surface area contributed by atoms with Gasteiger partial charge in [0.25, 0.3) is 5.91 Å². The highest BCUT2D eigenvalue weighted by Gasteiger charge is 2.17. The van der Waals surface area contributed by atoms with Crippen LogP contribution in [-0.2, 0) is 11.2 Å². The molecular formula is C21H18ClFN6O3. The van der Waals surface area contributed by atoms with Crippen LogP contribution in [0.3, 0.4) is 0 Å². The summed E-state index contributed by atoms with van der Waals surface area (Å²) in [6.45, 7) is 1.90. The van der Waals surface area contributed by atoms with Crippen molar-refractivity contribution in [3.05, 3.63) is 70.5 Å². The second-order valence-electron chi connectivity index (χ2n) is 6.38. The van der Waals surface area contributed by atoms with E-state index in [0.29, 0.717) is 23.4 Å². The number of amides is 2. The van der Waals surface area contributed by atoms with Crippen LogP contribution in [0.1, 0.15) is 28.5 Å². The van der Waals surface area contributed by atoms with Crippen LogP contribution in [0.2, 0.25) is 5.02 Å². The normalized spacial score (nSPS) is 10.4. The van der Waals surface area contributed by atoms with Crippen molar-refractivity contribution in [2.24, 2.45) is 0 Å². The van der Waals surface area contributed by atoms with Crippen molar-refractivity contribution in [1.29, 1.82) is 5.41 Å². The first kappa shape index (κ1) is 22.8. The largest absolute Gasteiger partial charge is 0.413 e. The standard InChI is InChI=1S/C21H18ClFN6O3/c1-3-15-12(7-11(8-26-15)19(24)32-21(31)25-2)16-9-28-17(10-27-16)29-20(30)18-13(22)5-4-6-14(18)23/h4-10,24H,3H2,1-2H3,(H,25,31)(H,28,29,30). The van der Waals surface area contributed by atoms with E-state index in [4.69, 9.17) is 21.7 Å². The van der Waals surface area contributed by atoms with Gasteiger partial charge in [-0.15, -0.1) is 0 Å². The second-order valence-corrected chi connectivity index (χ2v) is 6.79. The Balaban J connectivity index is 1.85. The third kappa shape index (κ3) is 5.03. The number of aryl methyl sites for hydroxylation is 1. The van der Waals surface area contributed by atoms with Crippen LogP contribution in [0.5, 0.6) is 0 Å². The summed E-state index contributed by atoms with van der Waals surface area (Å²) < 4.78 is 18.8. The van der Waals surface area contributed by atoms with Gasteiger partial charge >= 0.3 is 6.09 Å². The fourth-order valence-electron chi connectivity index (χ4n) is 2.75. The number of rotatable bonds is 5. The summed E-state index contributed by atoms with van der Waals surface area (Å²) in [5.41, 5.74) is 1.67. The van der Waals surface area contributed by atoms with Crippen LogP contribution >= 0.6 is 11.6 Å². The highest BCUT2D eigenvalue weighted by Crippen LogP contribution is 2.24. The number of hydrogen-bond donors (Lipinski definition) is 3. The van der Waals surface area contributed by atoms with Crippen LogP contribution in [0.15, 0.2) is 42.9 Å². The van der Waals surface area contributed by atoms with Crippen molar-refractivity contribution in [2.45, 2.75) is 13.3 Å². The zero-order chi connectivity index (χ0) is 23.3. The fraction of sp³-hybridized carbons (Fsp3) is 0.143. The van der Waals surface area contributed by atoms with E-state index < -0.39 is 17.8 Å². The maximum atomic E-state index is 13.9. The molecule has 3 aromatic rings. The van der Waals surface area contributed by atoms with Gasteiger partial charge < -0.3 is 15.4 Å². The molecule has 1 aromatic carbocycles. The Morgan fingerprint density at radius 2 is 1.97 bits per heavy atom. The van der Waals surface area contributed by atoms with Gasteiger partial charge in [-0.05, 0) is 24.6 Å². The predicted octanol–water partition coefficient (Wildman–Crippen LogP) is 3.83. The van der Waals surface area contributed by atoms with E-state index in [9.17, 15) is 14.0 Å². The van der Waals surface area contributed by atoms with Crippen molar-refractivity contribution < 1.29 is 18.7 Å². The lowest BCUT2D eigenvalue weighted by atomic mass is 10.1. The van der Waals surface area contributed by atoms with Crippen molar-refractivity contribution in [3.8, 4) is 11.3 Å². The first-order valence-electron chi connectivity index (χ1n) is 9.39. The van der Waals surface area contributed by atoms with Gasteiger partial charge in [0.05, 0.1) is 34.2 Å². The molecule has 164 valence electrons. The molecule has 0 unspecified atom stereocenters. The number of carbonyl (C=O) groups is 2. The number of aromatic nitrogens is 3. The molecule has 0 radical (unpaired) electrons. The molecule has 0 atom stereocenters. The van der Waals surface area contributed by atoms with E-state index in [0.717, 1.165) is 6.07 Å². The molecule has 0 aliphatic carbocycles. The lowest BCUT2D eigenvalue weighted by Crippen LogP contribution is -2.23. The van der Waals surface area contributed by atoms with E-state index in [-0.39, 0.29) is 27.9 Å². The molecule has 32 heavy (non-hydrogen) atoms. The van der Waals surface area contributed by atoms with Crippen molar-refractivity contribution >= 4 is 35.3 Å². The Labute approximate surface area is 187 Å². The molecule has 3 N–H and O–H groups in total. The lowest BCUT2D eigenvalue weighted by molar-refractivity contribution is 0.102. The highest BCUT2D eigenvalue weighted by atomic mass is 35.5. The van der Waals surface area contributed by atoms with E-state index in [1.165, 1.54) is 37.8 Å². The first-order valence-corrected chi connectivity index (χ1v) is 9.77. The summed E-state index contributed by atoms with van der Waals surface area (Å²) in [6, 6.07) is 5.55. The van der Waals surface area contributed by atoms with Crippen molar-refractivity contribution in [1.82, 2.24) is 20.3 Å². The van der Waals surface area contributed by atoms with E-state index in [2.05, 4.69) is 25.6 Å². The Hall–Kier alpha value is -3.92. The van der Waals surface area contributed by atoms with Crippen LogP contribution in [-0.4, -0.2) is 39.9 Å². The number of halogens is 2. The Kier molecular flexibility index (Phi) is 7.06. The van der Waals surface area contributed by atoms with Gasteiger partial charge in [-0.2, -0.15) is 0 Å². The molecule has 0 saturated heterocycles. The number of anilines is 1. The van der Waals surface area contributed by atoms with Crippen molar-refractivity contribution in [3.63, 3.8) is 0 Å². The summed E-state index contributed by atoms with van der Waals surface area (Å²) >= 11 is 5.91. The van der Waals surface area contributed by atoms with Crippen LogP contribution in [0, 0.1) is 11.2 Å². The molecule has 0 bridgehead atoms. The number of benzene rings is 1. The van der Waals surface area contributed by atoms with Crippen molar-refractivity contribution in [2.75, 3.05) is 12.4 Å². The van der Waals surface area contributed by atoms with Crippen LogP contribution < -0.4 is 10.6 Å². The SMILES string of the molecule is CCc1ncc(C(=N)OC(=O)NC)cc1-c1cnc(NC(=O)c2c(F)cccc2Cl)cn1. The van der Waals surface area contributed by atoms with Gasteiger partial charge in [0, 0.05) is 24.5 Å². The molecule has 2 amide bonds. The predicted molar refractivity (Wildman–Crippen MR) is 116 cm³/mol. The van der Waals surface area contributed by atoms with E-state index >= 15 is 0 Å². The Morgan fingerprint density at radius 1 is 1.19 bits per heavy atom. The van der Waals surface area contributed by atoms with Gasteiger partial charge in [0.1, 0.15) is 5.82 Å². The summed E-state index contributed by atoms with van der Waals surface area (Å²) in [6.07, 6.45) is 3.94. The van der Waals surface area contributed by atoms with Crippen LogP contribution in [0.4, 0.5) is 15.0 Å². The topological polar surface area (TPSA) is 130 Å². The minimum atomic E-state index is -0.772. The summed E-state index contributed by atoms with van der Waals surface area (Å²) in [4.78, 5) is 36.5. The molecule has 0 spiro atoms. The zero-order valence-electron chi connectivity index (χ0n) is 17.1. The zero-order valence-corrected chi connectivity index (χ0v) is 17.8. The number of ether oxygens (including phenoxy) is 1. The minimum Gasteiger partial charge on any atom is -0.391 e. The lowest BCUT2D eigenvalue weighted by Gasteiger charge is -2.11. The van der Waals surface area contributed by atoms with Gasteiger partial charge in [0.15, 0.2) is 5.82 Å². The number of carbonyl (C=O) groups excluding carboxylic acids is 2. The van der Waals surface area contributed by atoms with Gasteiger partial charge in [-0.1, -0.05) is 24.6 Å². The summed E-state index contributed by atoms with van der Waals surface area (Å²) in [5, 5.41) is 12.6. The molecule has 2 heterocycles. The third-order valence-corrected chi connectivity index (χ3v) is 4.64. The van der Waals surface area contributed by atoms with E-state index in [1.54, 1.807) is 6.07 Å². The number of nitrogens with one attached hydrogen (secondary N) is 3. The quantitative estimate of drug-likeness (QED) is 0.395. The molecule has 0 fully saturated rings. The smallest absolute Gasteiger partial charge is 0.391 e. The molecule has 0 aliphatic rings. The summed E-state index contributed by atoms with van der Waals surface area (Å²) in [5.74, 6) is -1.79. The second kappa shape index (κ2) is 9.92. The van der Waals surface area contributed by atoms with Crippen LogP contribution in [0.25, 0.3) is 11.3 Å². The Morgan fingerprint density at radius 3 is 2.59 bits per heavy atom. The molecule has 2 aromatic heterocycles. The van der Waals surface area contributed by atoms with E-state index in [1.807, 2.05) is 6.92 Å². The average molecular weight is 457 g/mol. The van der Waals surface area contributed by atoms with Gasteiger partial charge in [-0.25, -0.2) is 14.2 Å². The molecule has 0 aliphatic heterocycles. The number of pyridine rings is 1. The number of alkyl carbamates (subject to hydrolysis) is 1. The summed E-state index contributed by atoms with van der Waals surface area (Å²) in [7, 11) is 1.38. The van der Waals surface area contributed by atoms with Gasteiger partial charge in [0.2, 0.25) is 5.90 Å². The Bertz CT molecular complexity index is 1170. The average Bonchev–Trinajstić information content (AvgIpc) is 2.79. The maximum absolute atomic E-state index is 13.9. The highest BCUT2D eigenvalue weighted by molar-refractivity contribution is 6.34. The number of hydrogen-bond acceptors (Lipinski definition) is 7. The number of nitrogens with zero attached hydrogens (tertiary/aromatic N) is 3. The third-order valence-electron chi connectivity index (χ3n) is 4.33. The minimum absolute atomic E-state index is 0.0241. The maximum Gasteiger partial charge on any atom is 0.413 e. The molecule has 9 nitrogen and oxygen atoms in total. The molecule has 3 rings (SSSR count).